The number of thioether (sulfide) groups is 1. The van der Waals surface area contributed by atoms with Gasteiger partial charge in [0, 0.05) is 18.3 Å². The first-order chi connectivity index (χ1) is 14.5. The van der Waals surface area contributed by atoms with Gasteiger partial charge in [-0.2, -0.15) is 0 Å². The third-order valence-electron chi connectivity index (χ3n) is 4.29. The average Bonchev–Trinajstić information content (AvgIpc) is 3.11. The van der Waals surface area contributed by atoms with E-state index in [1.807, 2.05) is 49.7 Å². The Hall–Kier alpha value is -3.13. The van der Waals surface area contributed by atoms with E-state index in [1.165, 1.54) is 11.8 Å². The highest BCUT2D eigenvalue weighted by molar-refractivity contribution is 7.99. The monoisotopic (exact) mass is 424 g/mol. The van der Waals surface area contributed by atoms with Crippen molar-refractivity contribution in [2.24, 2.45) is 7.05 Å². The average molecular weight is 425 g/mol. The van der Waals surface area contributed by atoms with Crippen molar-refractivity contribution in [1.82, 2.24) is 14.8 Å². The van der Waals surface area contributed by atoms with Gasteiger partial charge in [0.15, 0.2) is 11.0 Å². The van der Waals surface area contributed by atoms with E-state index < -0.39 is 0 Å². The lowest BCUT2D eigenvalue weighted by molar-refractivity contribution is -0.113. The van der Waals surface area contributed by atoms with Crippen LogP contribution in [0.3, 0.4) is 0 Å². The van der Waals surface area contributed by atoms with Gasteiger partial charge in [-0.25, -0.2) is 4.79 Å². The molecule has 1 aromatic heterocycles. The Morgan fingerprint density at radius 1 is 1.13 bits per heavy atom. The first-order valence-corrected chi connectivity index (χ1v) is 10.6. The summed E-state index contributed by atoms with van der Waals surface area (Å²) in [4.78, 5) is 24.1. The molecule has 3 rings (SSSR count). The molecule has 8 heteroatoms. The molecule has 7 nitrogen and oxygen atoms in total. The third-order valence-corrected chi connectivity index (χ3v) is 5.31. The van der Waals surface area contributed by atoms with Gasteiger partial charge in [0.1, 0.15) is 0 Å². The second-order valence-corrected chi connectivity index (χ2v) is 7.73. The van der Waals surface area contributed by atoms with Crippen molar-refractivity contribution in [1.29, 1.82) is 0 Å². The number of aromatic nitrogens is 3. The predicted molar refractivity (Wildman–Crippen MR) is 118 cm³/mol. The maximum atomic E-state index is 12.3. The van der Waals surface area contributed by atoms with Crippen LogP contribution in [0.2, 0.25) is 0 Å². The molecule has 0 aliphatic rings. The summed E-state index contributed by atoms with van der Waals surface area (Å²) < 4.78 is 6.97. The molecule has 1 heterocycles. The molecule has 0 bridgehead atoms. The van der Waals surface area contributed by atoms with Crippen LogP contribution in [-0.2, 0) is 16.6 Å². The summed E-state index contributed by atoms with van der Waals surface area (Å²) in [7, 11) is 1.88. The summed E-state index contributed by atoms with van der Waals surface area (Å²) in [5.74, 6) is 0.422. The Morgan fingerprint density at radius 3 is 2.60 bits per heavy atom. The van der Waals surface area contributed by atoms with Crippen LogP contribution < -0.4 is 5.32 Å². The summed E-state index contributed by atoms with van der Waals surface area (Å²) in [6.07, 6.45) is 0.773. The van der Waals surface area contributed by atoms with Crippen LogP contribution in [0.1, 0.15) is 29.3 Å². The van der Waals surface area contributed by atoms with Gasteiger partial charge in [-0.3, -0.25) is 4.79 Å². The number of nitrogens with zero attached hydrogens (tertiary/aromatic N) is 3. The van der Waals surface area contributed by atoms with Gasteiger partial charge in [-0.15, -0.1) is 10.2 Å². The Bertz CT molecular complexity index is 1030. The first-order valence-electron chi connectivity index (χ1n) is 9.64. The summed E-state index contributed by atoms with van der Waals surface area (Å²) in [5, 5.41) is 11.9. The van der Waals surface area contributed by atoms with Gasteiger partial charge in [-0.05, 0) is 43.7 Å². The van der Waals surface area contributed by atoms with Crippen molar-refractivity contribution in [2.45, 2.75) is 25.4 Å². The molecule has 1 N–H and O–H groups in total. The molecule has 156 valence electrons. The van der Waals surface area contributed by atoms with Crippen LogP contribution in [0.5, 0.6) is 0 Å². The van der Waals surface area contributed by atoms with Crippen molar-refractivity contribution in [3.63, 3.8) is 0 Å². The lowest BCUT2D eigenvalue weighted by Crippen LogP contribution is -2.14. The van der Waals surface area contributed by atoms with Gasteiger partial charge in [-0.1, -0.05) is 42.4 Å². The van der Waals surface area contributed by atoms with E-state index in [0.29, 0.717) is 23.0 Å². The largest absolute Gasteiger partial charge is 0.462 e. The number of nitrogens with one attached hydrogen (secondary N) is 1. The zero-order valence-corrected chi connectivity index (χ0v) is 18.0. The van der Waals surface area contributed by atoms with E-state index >= 15 is 0 Å². The van der Waals surface area contributed by atoms with E-state index in [1.54, 1.807) is 24.3 Å². The Balaban J connectivity index is 1.56. The molecule has 0 aliphatic heterocycles. The summed E-state index contributed by atoms with van der Waals surface area (Å²) in [5.41, 5.74) is 3.21. The molecular formula is C22H24N4O3S. The van der Waals surface area contributed by atoms with Crippen LogP contribution >= 0.6 is 11.8 Å². The third kappa shape index (κ3) is 5.48. The molecule has 0 unspecified atom stereocenters. The topological polar surface area (TPSA) is 86.1 Å². The Kier molecular flexibility index (Phi) is 7.24. The van der Waals surface area contributed by atoms with Crippen molar-refractivity contribution in [3.8, 4) is 11.4 Å². The predicted octanol–water partition coefficient (Wildman–Crippen LogP) is 4.09. The molecule has 2 aromatic carbocycles. The highest BCUT2D eigenvalue weighted by Gasteiger charge is 2.13. The summed E-state index contributed by atoms with van der Waals surface area (Å²) >= 11 is 1.31. The summed E-state index contributed by atoms with van der Waals surface area (Å²) in [6, 6.07) is 14.7. The Morgan fingerprint density at radius 2 is 1.90 bits per heavy atom. The van der Waals surface area contributed by atoms with Crippen LogP contribution in [0.4, 0.5) is 5.69 Å². The van der Waals surface area contributed by atoms with E-state index in [2.05, 4.69) is 15.5 Å². The molecule has 1 amide bonds. The number of esters is 1. The highest BCUT2D eigenvalue weighted by Crippen LogP contribution is 2.23. The number of rotatable bonds is 8. The van der Waals surface area contributed by atoms with Crippen molar-refractivity contribution in [3.05, 3.63) is 59.7 Å². The van der Waals surface area contributed by atoms with E-state index in [-0.39, 0.29) is 17.6 Å². The number of anilines is 1. The molecule has 0 spiro atoms. The molecule has 0 atom stereocenters. The SMILES string of the molecule is CCCOC(=O)c1ccc(NC(=O)CSc2nnc(-c3cccc(C)c3)n2C)cc1. The minimum atomic E-state index is -0.364. The fraction of sp³-hybridized carbons (Fsp3) is 0.273. The zero-order valence-electron chi connectivity index (χ0n) is 17.2. The number of benzene rings is 2. The van der Waals surface area contributed by atoms with Crippen molar-refractivity contribution >= 4 is 29.3 Å². The molecule has 0 fully saturated rings. The number of aryl methyl sites for hydroxylation is 1. The van der Waals surface area contributed by atoms with E-state index in [0.717, 1.165) is 23.4 Å². The molecule has 0 radical (unpaired) electrons. The molecule has 0 saturated heterocycles. The fourth-order valence-electron chi connectivity index (χ4n) is 2.77. The molecule has 3 aromatic rings. The van der Waals surface area contributed by atoms with Crippen LogP contribution in [0.15, 0.2) is 53.7 Å². The van der Waals surface area contributed by atoms with E-state index in [9.17, 15) is 9.59 Å². The van der Waals surface area contributed by atoms with Crippen LogP contribution in [-0.4, -0.2) is 39.0 Å². The Labute approximate surface area is 179 Å². The standard InChI is InChI=1S/C22H24N4O3S/c1-4-12-29-21(28)16-8-10-18(11-9-16)23-19(27)14-30-22-25-24-20(26(22)3)17-7-5-6-15(2)13-17/h5-11,13H,4,12,14H2,1-3H3,(H,23,27). The molecule has 0 aliphatic carbocycles. The smallest absolute Gasteiger partial charge is 0.338 e. The maximum Gasteiger partial charge on any atom is 0.338 e. The number of amides is 1. The number of carbonyl (C=O) groups excluding carboxylic acids is 2. The lowest BCUT2D eigenvalue weighted by Gasteiger charge is -2.07. The maximum absolute atomic E-state index is 12.3. The van der Waals surface area contributed by atoms with Crippen molar-refractivity contribution < 1.29 is 14.3 Å². The number of hydrogen-bond donors (Lipinski definition) is 1. The van der Waals surface area contributed by atoms with Gasteiger partial charge in [0.2, 0.25) is 5.91 Å². The quantitative estimate of drug-likeness (QED) is 0.433. The number of carbonyl (C=O) groups is 2. The van der Waals surface area contributed by atoms with Crippen LogP contribution in [0.25, 0.3) is 11.4 Å². The van der Waals surface area contributed by atoms with Crippen molar-refractivity contribution in [2.75, 3.05) is 17.7 Å². The molecule has 30 heavy (non-hydrogen) atoms. The highest BCUT2D eigenvalue weighted by atomic mass is 32.2. The lowest BCUT2D eigenvalue weighted by atomic mass is 10.1. The second-order valence-electron chi connectivity index (χ2n) is 6.78. The minimum Gasteiger partial charge on any atom is -0.462 e. The summed E-state index contributed by atoms with van der Waals surface area (Å²) in [6.45, 7) is 4.36. The zero-order chi connectivity index (χ0) is 21.5. The fourth-order valence-corrected chi connectivity index (χ4v) is 3.48. The van der Waals surface area contributed by atoms with Gasteiger partial charge in [0.05, 0.1) is 17.9 Å². The number of hydrogen-bond acceptors (Lipinski definition) is 6. The minimum absolute atomic E-state index is 0.165. The normalized spacial score (nSPS) is 10.6. The van der Waals surface area contributed by atoms with Crippen LogP contribution in [0, 0.1) is 6.92 Å². The van der Waals surface area contributed by atoms with Gasteiger partial charge in [0.25, 0.3) is 0 Å². The molecular weight excluding hydrogens is 400 g/mol. The first kappa shape index (κ1) is 21.6. The van der Waals surface area contributed by atoms with E-state index in [4.69, 9.17) is 4.74 Å². The van der Waals surface area contributed by atoms with Gasteiger partial charge < -0.3 is 14.6 Å². The molecule has 0 saturated carbocycles. The van der Waals surface area contributed by atoms with Gasteiger partial charge >= 0.3 is 5.97 Å². The second kappa shape index (κ2) is 10.1. The number of ether oxygens (including phenoxy) is 1.